The molecule has 0 spiro atoms. The van der Waals surface area contributed by atoms with Crippen molar-refractivity contribution in [2.75, 3.05) is 19.7 Å². The van der Waals surface area contributed by atoms with Gasteiger partial charge >= 0.3 is 0 Å². The monoisotopic (exact) mass is 418 g/mol. The average molecular weight is 418 g/mol. The number of carbonyl (C=O) groups is 3. The SMILES string of the molecule is O=C(NCCc1nc2ccccc2[nH]1)c1ccc2c(c1)C(=O)N(CC1CCCO1)C2=O. The molecule has 158 valence electrons. The van der Waals surface area contributed by atoms with E-state index in [1.54, 1.807) is 12.1 Å². The van der Waals surface area contributed by atoms with Crippen molar-refractivity contribution in [1.29, 1.82) is 0 Å². The molecule has 2 aliphatic heterocycles. The summed E-state index contributed by atoms with van der Waals surface area (Å²) >= 11 is 0. The van der Waals surface area contributed by atoms with Crippen LogP contribution in [0.4, 0.5) is 0 Å². The summed E-state index contributed by atoms with van der Waals surface area (Å²) in [5.74, 6) is -0.197. The Morgan fingerprint density at radius 1 is 1.16 bits per heavy atom. The van der Waals surface area contributed by atoms with Gasteiger partial charge < -0.3 is 15.0 Å². The van der Waals surface area contributed by atoms with E-state index in [1.807, 2.05) is 24.3 Å². The van der Waals surface area contributed by atoms with E-state index in [4.69, 9.17) is 4.74 Å². The summed E-state index contributed by atoms with van der Waals surface area (Å²) in [7, 11) is 0. The largest absolute Gasteiger partial charge is 0.376 e. The Labute approximate surface area is 178 Å². The van der Waals surface area contributed by atoms with Crippen LogP contribution in [0.2, 0.25) is 0 Å². The van der Waals surface area contributed by atoms with Crippen molar-refractivity contribution in [2.45, 2.75) is 25.4 Å². The van der Waals surface area contributed by atoms with Gasteiger partial charge in [0.1, 0.15) is 5.82 Å². The molecule has 0 bridgehead atoms. The predicted molar refractivity (Wildman–Crippen MR) is 113 cm³/mol. The molecule has 3 amide bonds. The lowest BCUT2D eigenvalue weighted by Crippen LogP contribution is -2.36. The van der Waals surface area contributed by atoms with Crippen molar-refractivity contribution < 1.29 is 19.1 Å². The fourth-order valence-corrected chi connectivity index (χ4v) is 4.11. The van der Waals surface area contributed by atoms with E-state index in [9.17, 15) is 14.4 Å². The molecule has 2 N–H and O–H groups in total. The molecule has 2 aliphatic rings. The van der Waals surface area contributed by atoms with Crippen molar-refractivity contribution in [3.63, 3.8) is 0 Å². The first-order valence-corrected chi connectivity index (χ1v) is 10.4. The Balaban J connectivity index is 1.23. The molecule has 2 aromatic carbocycles. The average Bonchev–Trinajstić information content (AvgIpc) is 3.49. The first-order chi connectivity index (χ1) is 15.1. The third kappa shape index (κ3) is 3.70. The Morgan fingerprint density at radius 2 is 2.00 bits per heavy atom. The van der Waals surface area contributed by atoms with E-state index < -0.39 is 0 Å². The second kappa shape index (κ2) is 7.96. The molecule has 5 rings (SSSR count). The zero-order chi connectivity index (χ0) is 21.4. The summed E-state index contributed by atoms with van der Waals surface area (Å²) in [6.45, 7) is 1.31. The Morgan fingerprint density at radius 3 is 2.81 bits per heavy atom. The van der Waals surface area contributed by atoms with Crippen LogP contribution in [-0.2, 0) is 11.2 Å². The highest BCUT2D eigenvalue weighted by molar-refractivity contribution is 6.22. The number of ether oxygens (including phenoxy) is 1. The van der Waals surface area contributed by atoms with Gasteiger partial charge in [-0.25, -0.2) is 4.98 Å². The summed E-state index contributed by atoms with van der Waals surface area (Å²) in [5, 5.41) is 2.85. The maximum absolute atomic E-state index is 12.8. The number of imide groups is 1. The molecule has 8 nitrogen and oxygen atoms in total. The van der Waals surface area contributed by atoms with Gasteiger partial charge in [-0.1, -0.05) is 12.1 Å². The van der Waals surface area contributed by atoms with E-state index in [2.05, 4.69) is 15.3 Å². The van der Waals surface area contributed by atoms with Crippen molar-refractivity contribution in [2.24, 2.45) is 0 Å². The number of amides is 3. The molecule has 3 aromatic rings. The van der Waals surface area contributed by atoms with Crippen LogP contribution in [0.5, 0.6) is 0 Å². The molecule has 1 atom stereocenters. The number of fused-ring (bicyclic) bond motifs is 2. The minimum absolute atomic E-state index is 0.108. The van der Waals surface area contributed by atoms with Crippen molar-refractivity contribution in [1.82, 2.24) is 20.2 Å². The van der Waals surface area contributed by atoms with Gasteiger partial charge in [0, 0.05) is 25.1 Å². The van der Waals surface area contributed by atoms with E-state index in [0.29, 0.717) is 30.7 Å². The fraction of sp³-hybridized carbons (Fsp3) is 0.304. The maximum atomic E-state index is 12.8. The molecule has 1 aromatic heterocycles. The number of aromatic amines is 1. The van der Waals surface area contributed by atoms with Gasteiger partial charge in [-0.15, -0.1) is 0 Å². The summed E-state index contributed by atoms with van der Waals surface area (Å²) in [6.07, 6.45) is 2.22. The second-order valence-corrected chi connectivity index (χ2v) is 7.82. The predicted octanol–water partition coefficient (Wildman–Crippen LogP) is 2.31. The second-order valence-electron chi connectivity index (χ2n) is 7.82. The number of benzene rings is 2. The lowest BCUT2D eigenvalue weighted by molar-refractivity contribution is 0.0475. The molecule has 1 saturated heterocycles. The van der Waals surface area contributed by atoms with Crippen LogP contribution < -0.4 is 5.32 Å². The van der Waals surface area contributed by atoms with Gasteiger partial charge in [-0.3, -0.25) is 19.3 Å². The highest BCUT2D eigenvalue weighted by Gasteiger charge is 2.37. The van der Waals surface area contributed by atoms with Gasteiger partial charge in [0.15, 0.2) is 0 Å². The Kier molecular flexibility index (Phi) is 4.99. The molecule has 0 radical (unpaired) electrons. The summed E-state index contributed by atoms with van der Waals surface area (Å²) in [5.41, 5.74) is 2.80. The molecule has 1 fully saturated rings. The third-order valence-corrected chi connectivity index (χ3v) is 5.73. The zero-order valence-corrected chi connectivity index (χ0v) is 16.9. The molecule has 31 heavy (non-hydrogen) atoms. The number of para-hydroxylation sites is 2. The van der Waals surface area contributed by atoms with Crippen molar-refractivity contribution >= 4 is 28.8 Å². The van der Waals surface area contributed by atoms with E-state index >= 15 is 0 Å². The number of nitrogens with zero attached hydrogens (tertiary/aromatic N) is 2. The molecular formula is C23H22N4O4. The van der Waals surface area contributed by atoms with Gasteiger partial charge in [0.2, 0.25) is 0 Å². The smallest absolute Gasteiger partial charge is 0.261 e. The standard InChI is InChI=1S/C23H22N4O4/c28-21(24-10-9-20-25-18-5-1-2-6-19(18)26-20)14-7-8-16-17(12-14)23(30)27(22(16)29)13-15-4-3-11-31-15/h1-2,5-8,12,15H,3-4,9-11,13H2,(H,24,28)(H,25,26). The minimum Gasteiger partial charge on any atom is -0.376 e. The number of aromatic nitrogens is 2. The van der Waals surface area contributed by atoms with Gasteiger partial charge in [0.05, 0.1) is 34.8 Å². The minimum atomic E-state index is -0.368. The molecule has 8 heteroatoms. The number of hydrogen-bond donors (Lipinski definition) is 2. The van der Waals surface area contributed by atoms with Gasteiger partial charge in [-0.2, -0.15) is 0 Å². The number of rotatable bonds is 6. The Bertz CT molecular complexity index is 1150. The number of imidazole rings is 1. The van der Waals surface area contributed by atoms with E-state index in [-0.39, 0.29) is 35.9 Å². The number of nitrogens with one attached hydrogen (secondary N) is 2. The van der Waals surface area contributed by atoms with E-state index in [0.717, 1.165) is 29.7 Å². The van der Waals surface area contributed by atoms with Gasteiger partial charge in [-0.05, 0) is 43.2 Å². The lowest BCUT2D eigenvalue weighted by atomic mass is 10.1. The topological polar surface area (TPSA) is 104 Å². The highest BCUT2D eigenvalue weighted by Crippen LogP contribution is 2.26. The van der Waals surface area contributed by atoms with Crippen LogP contribution in [0, 0.1) is 0 Å². The first-order valence-electron chi connectivity index (χ1n) is 10.4. The normalized spacial score (nSPS) is 18.1. The van der Waals surface area contributed by atoms with E-state index in [1.165, 1.54) is 11.0 Å². The van der Waals surface area contributed by atoms with Crippen molar-refractivity contribution in [3.8, 4) is 0 Å². The van der Waals surface area contributed by atoms with Crippen LogP contribution in [-0.4, -0.2) is 58.4 Å². The quantitative estimate of drug-likeness (QED) is 0.598. The van der Waals surface area contributed by atoms with Crippen LogP contribution >= 0.6 is 0 Å². The Hall–Kier alpha value is -3.52. The zero-order valence-electron chi connectivity index (χ0n) is 16.9. The molecule has 3 heterocycles. The summed E-state index contributed by atoms with van der Waals surface area (Å²) in [4.78, 5) is 46.9. The first kappa shape index (κ1) is 19.4. The summed E-state index contributed by atoms with van der Waals surface area (Å²) < 4.78 is 5.55. The van der Waals surface area contributed by atoms with Crippen molar-refractivity contribution in [3.05, 3.63) is 65.0 Å². The number of hydrogen-bond acceptors (Lipinski definition) is 5. The highest BCUT2D eigenvalue weighted by atomic mass is 16.5. The van der Waals surface area contributed by atoms with Crippen LogP contribution in [0.15, 0.2) is 42.5 Å². The van der Waals surface area contributed by atoms with Crippen LogP contribution in [0.25, 0.3) is 11.0 Å². The van der Waals surface area contributed by atoms with Crippen LogP contribution in [0.3, 0.4) is 0 Å². The molecule has 1 unspecified atom stereocenters. The lowest BCUT2D eigenvalue weighted by Gasteiger charge is -2.17. The number of carbonyl (C=O) groups excluding carboxylic acids is 3. The van der Waals surface area contributed by atoms with Crippen LogP contribution in [0.1, 0.15) is 49.7 Å². The summed E-state index contributed by atoms with van der Waals surface area (Å²) in [6, 6.07) is 12.4. The van der Waals surface area contributed by atoms with Gasteiger partial charge in [0.25, 0.3) is 17.7 Å². The number of H-pyrrole nitrogens is 1. The third-order valence-electron chi connectivity index (χ3n) is 5.73. The molecule has 0 aliphatic carbocycles. The maximum Gasteiger partial charge on any atom is 0.261 e. The molecular weight excluding hydrogens is 396 g/mol. The molecule has 0 saturated carbocycles. The fourth-order valence-electron chi connectivity index (χ4n) is 4.11.